The van der Waals surface area contributed by atoms with Crippen LogP contribution in [0.5, 0.6) is 0 Å². The van der Waals surface area contributed by atoms with Gasteiger partial charge in [0.1, 0.15) is 0 Å². The van der Waals surface area contributed by atoms with E-state index < -0.39 is 11.8 Å². The van der Waals surface area contributed by atoms with Crippen molar-refractivity contribution in [2.75, 3.05) is 0 Å². The van der Waals surface area contributed by atoms with Gasteiger partial charge >= 0.3 is 0 Å². The summed E-state index contributed by atoms with van der Waals surface area (Å²) in [6, 6.07) is 4.68. The molecule has 1 rings (SSSR count). The van der Waals surface area contributed by atoms with E-state index in [4.69, 9.17) is 23.2 Å². The third kappa shape index (κ3) is 2.47. The Labute approximate surface area is 91.0 Å². The van der Waals surface area contributed by atoms with Gasteiger partial charge in [0.2, 0.25) is 5.91 Å². The fraction of sp³-hybridized carbons (Fsp3) is 0.111. The van der Waals surface area contributed by atoms with Crippen LogP contribution in [-0.4, -0.2) is 11.8 Å². The third-order valence-corrected chi connectivity index (χ3v) is 2.11. The molecule has 0 unspecified atom stereocenters. The molecule has 1 N–H and O–H groups in total. The van der Waals surface area contributed by atoms with Gasteiger partial charge in [0, 0.05) is 6.92 Å². The number of imide groups is 1. The van der Waals surface area contributed by atoms with E-state index >= 15 is 0 Å². The first-order valence-corrected chi connectivity index (χ1v) is 4.54. The topological polar surface area (TPSA) is 46.2 Å². The zero-order chi connectivity index (χ0) is 10.7. The summed E-state index contributed by atoms with van der Waals surface area (Å²) in [7, 11) is 0. The zero-order valence-electron chi connectivity index (χ0n) is 7.30. The number of hydrogen-bond acceptors (Lipinski definition) is 2. The van der Waals surface area contributed by atoms with Gasteiger partial charge in [-0.05, 0) is 12.1 Å². The lowest BCUT2D eigenvalue weighted by molar-refractivity contribution is -0.118. The van der Waals surface area contributed by atoms with E-state index in [0.717, 1.165) is 0 Å². The second kappa shape index (κ2) is 4.44. The van der Waals surface area contributed by atoms with Crippen LogP contribution in [0.4, 0.5) is 0 Å². The maximum absolute atomic E-state index is 11.4. The van der Waals surface area contributed by atoms with Crippen LogP contribution in [0.2, 0.25) is 10.0 Å². The summed E-state index contributed by atoms with van der Waals surface area (Å²) in [5.41, 5.74) is 0.117. The van der Waals surface area contributed by atoms with Crippen LogP contribution in [0.3, 0.4) is 0 Å². The molecule has 0 radical (unpaired) electrons. The lowest BCUT2D eigenvalue weighted by atomic mass is 10.2. The van der Waals surface area contributed by atoms with Crippen LogP contribution in [0.1, 0.15) is 17.3 Å². The van der Waals surface area contributed by atoms with Crippen molar-refractivity contribution >= 4 is 35.0 Å². The van der Waals surface area contributed by atoms with Gasteiger partial charge in [0.15, 0.2) is 0 Å². The van der Waals surface area contributed by atoms with Crippen molar-refractivity contribution in [3.63, 3.8) is 0 Å². The van der Waals surface area contributed by atoms with Gasteiger partial charge in [-0.3, -0.25) is 14.9 Å². The summed E-state index contributed by atoms with van der Waals surface area (Å²) >= 11 is 11.5. The minimum Gasteiger partial charge on any atom is -0.292 e. The maximum atomic E-state index is 11.4. The fourth-order valence-electron chi connectivity index (χ4n) is 0.937. The molecule has 1 aromatic rings. The van der Waals surface area contributed by atoms with Gasteiger partial charge in [-0.2, -0.15) is 0 Å². The highest BCUT2D eigenvalue weighted by atomic mass is 35.5. The van der Waals surface area contributed by atoms with Crippen LogP contribution in [0.25, 0.3) is 0 Å². The third-order valence-electron chi connectivity index (χ3n) is 1.48. The van der Waals surface area contributed by atoms with E-state index in [1.165, 1.54) is 19.1 Å². The van der Waals surface area contributed by atoms with E-state index in [9.17, 15) is 9.59 Å². The van der Waals surface area contributed by atoms with Gasteiger partial charge in [-0.15, -0.1) is 0 Å². The zero-order valence-corrected chi connectivity index (χ0v) is 8.82. The monoisotopic (exact) mass is 231 g/mol. The van der Waals surface area contributed by atoms with Crippen LogP contribution in [0.15, 0.2) is 18.2 Å². The number of carbonyl (C=O) groups excluding carboxylic acids is 2. The molecular formula is C9H7Cl2NO2. The van der Waals surface area contributed by atoms with Gasteiger partial charge in [0.25, 0.3) is 5.91 Å². The molecule has 0 saturated carbocycles. The summed E-state index contributed by atoms with van der Waals surface area (Å²) < 4.78 is 0. The molecule has 1 aromatic carbocycles. The van der Waals surface area contributed by atoms with E-state index in [2.05, 4.69) is 5.32 Å². The highest BCUT2D eigenvalue weighted by Crippen LogP contribution is 2.23. The fourth-order valence-corrected chi connectivity index (χ4v) is 1.51. The first-order valence-electron chi connectivity index (χ1n) is 3.78. The van der Waals surface area contributed by atoms with Crippen molar-refractivity contribution in [2.45, 2.75) is 6.92 Å². The predicted octanol–water partition coefficient (Wildman–Crippen LogP) is 2.27. The summed E-state index contributed by atoms with van der Waals surface area (Å²) in [4.78, 5) is 22.0. The van der Waals surface area contributed by atoms with Crippen molar-refractivity contribution in [1.82, 2.24) is 5.32 Å². The Bertz CT molecular complexity index is 370. The smallest absolute Gasteiger partial charge is 0.260 e. The van der Waals surface area contributed by atoms with Crippen LogP contribution < -0.4 is 5.32 Å². The molecular weight excluding hydrogens is 225 g/mol. The Balaban J connectivity index is 3.06. The van der Waals surface area contributed by atoms with Crippen molar-refractivity contribution in [1.29, 1.82) is 0 Å². The second-order valence-electron chi connectivity index (χ2n) is 2.61. The van der Waals surface area contributed by atoms with Crippen molar-refractivity contribution < 1.29 is 9.59 Å². The minimum atomic E-state index is -0.590. The maximum Gasteiger partial charge on any atom is 0.260 e. The molecule has 14 heavy (non-hydrogen) atoms. The first kappa shape index (κ1) is 11.0. The molecule has 0 atom stereocenters. The SMILES string of the molecule is CC(=O)NC(=O)c1c(Cl)cccc1Cl. The number of nitrogens with one attached hydrogen (secondary N) is 1. The Morgan fingerprint density at radius 1 is 1.21 bits per heavy atom. The molecule has 0 aromatic heterocycles. The summed E-state index contributed by atoms with van der Waals surface area (Å²) in [5.74, 6) is -1.04. The quantitative estimate of drug-likeness (QED) is 0.807. The van der Waals surface area contributed by atoms with E-state index in [0.29, 0.717) is 0 Å². The number of amides is 2. The number of halogens is 2. The standard InChI is InChI=1S/C9H7Cl2NO2/c1-5(13)12-9(14)8-6(10)3-2-4-7(8)11/h2-4H,1H3,(H,12,13,14). The molecule has 3 nitrogen and oxygen atoms in total. The van der Waals surface area contributed by atoms with Crippen molar-refractivity contribution in [2.24, 2.45) is 0 Å². The van der Waals surface area contributed by atoms with Crippen LogP contribution in [-0.2, 0) is 4.79 Å². The van der Waals surface area contributed by atoms with Crippen LogP contribution in [0, 0.1) is 0 Å². The summed E-state index contributed by atoms with van der Waals surface area (Å²) in [5, 5.41) is 2.53. The van der Waals surface area contributed by atoms with E-state index in [1.54, 1.807) is 6.07 Å². The summed E-state index contributed by atoms with van der Waals surface area (Å²) in [6.45, 7) is 1.24. The molecule has 0 spiro atoms. The van der Waals surface area contributed by atoms with E-state index in [1.807, 2.05) is 0 Å². The van der Waals surface area contributed by atoms with E-state index in [-0.39, 0.29) is 15.6 Å². The number of carbonyl (C=O) groups is 2. The van der Waals surface area contributed by atoms with Gasteiger partial charge in [-0.25, -0.2) is 0 Å². The number of hydrogen-bond donors (Lipinski definition) is 1. The first-order chi connectivity index (χ1) is 6.52. The molecule has 0 bridgehead atoms. The Hall–Kier alpha value is -1.06. The van der Waals surface area contributed by atoms with Gasteiger partial charge in [-0.1, -0.05) is 29.3 Å². The number of rotatable bonds is 1. The highest BCUT2D eigenvalue weighted by molar-refractivity contribution is 6.40. The highest BCUT2D eigenvalue weighted by Gasteiger charge is 2.14. The molecule has 5 heteroatoms. The molecule has 2 amide bonds. The second-order valence-corrected chi connectivity index (χ2v) is 3.42. The average Bonchev–Trinajstić information content (AvgIpc) is 2.01. The molecule has 0 aliphatic rings. The van der Waals surface area contributed by atoms with Crippen molar-refractivity contribution in [3.8, 4) is 0 Å². The molecule has 0 heterocycles. The van der Waals surface area contributed by atoms with Crippen molar-refractivity contribution in [3.05, 3.63) is 33.8 Å². The minimum absolute atomic E-state index is 0.117. The Morgan fingerprint density at radius 3 is 2.14 bits per heavy atom. The Kier molecular flexibility index (Phi) is 3.49. The molecule has 0 saturated heterocycles. The lowest BCUT2D eigenvalue weighted by Crippen LogP contribution is -2.28. The molecule has 74 valence electrons. The Morgan fingerprint density at radius 2 is 1.71 bits per heavy atom. The number of benzene rings is 1. The van der Waals surface area contributed by atoms with Gasteiger partial charge < -0.3 is 0 Å². The van der Waals surface area contributed by atoms with Crippen LogP contribution >= 0.6 is 23.2 Å². The largest absolute Gasteiger partial charge is 0.292 e. The predicted molar refractivity (Wildman–Crippen MR) is 54.6 cm³/mol. The molecule has 0 fully saturated rings. The molecule has 0 aliphatic heterocycles. The lowest BCUT2D eigenvalue weighted by Gasteiger charge is -2.05. The summed E-state index contributed by atoms with van der Waals surface area (Å²) in [6.07, 6.45) is 0. The normalized spacial score (nSPS) is 9.64. The molecule has 0 aliphatic carbocycles. The van der Waals surface area contributed by atoms with Gasteiger partial charge in [0.05, 0.1) is 15.6 Å². The average molecular weight is 232 g/mol.